The van der Waals surface area contributed by atoms with E-state index < -0.39 is 0 Å². The van der Waals surface area contributed by atoms with Crippen molar-refractivity contribution in [2.75, 3.05) is 4.90 Å². The molecule has 1 aromatic carbocycles. The number of hydrogen-bond donors (Lipinski definition) is 0. The Morgan fingerprint density at radius 1 is 1.29 bits per heavy atom. The second-order valence-corrected chi connectivity index (χ2v) is 4.64. The number of hydrogen-bond acceptors (Lipinski definition) is 3. The highest BCUT2D eigenvalue weighted by Gasteiger charge is 2.27. The molecule has 0 N–H and O–H groups in total. The summed E-state index contributed by atoms with van der Waals surface area (Å²) in [6.07, 6.45) is 4.34. The molecule has 2 aromatic rings. The van der Waals surface area contributed by atoms with E-state index in [-0.39, 0.29) is 0 Å². The van der Waals surface area contributed by atoms with Gasteiger partial charge in [-0.1, -0.05) is 29.8 Å². The van der Waals surface area contributed by atoms with Crippen LogP contribution in [0.2, 0.25) is 5.15 Å². The van der Waals surface area contributed by atoms with Crippen LogP contribution in [0.15, 0.2) is 36.7 Å². The van der Waals surface area contributed by atoms with Gasteiger partial charge in [0.25, 0.3) is 0 Å². The van der Waals surface area contributed by atoms with Crippen LogP contribution < -0.4 is 4.90 Å². The smallest absolute Gasteiger partial charge is 0.153 e. The summed E-state index contributed by atoms with van der Waals surface area (Å²) in [7, 11) is 0. The first-order valence-corrected chi connectivity index (χ1v) is 5.98. The summed E-state index contributed by atoms with van der Waals surface area (Å²) >= 11 is 5.90. The molecule has 17 heavy (non-hydrogen) atoms. The predicted molar refractivity (Wildman–Crippen MR) is 68.8 cm³/mol. The van der Waals surface area contributed by atoms with Crippen LogP contribution in [-0.2, 0) is 6.42 Å². The number of halogens is 1. The average molecular weight is 246 g/mol. The molecule has 2 heterocycles. The lowest BCUT2D eigenvalue weighted by Crippen LogP contribution is -2.24. The highest BCUT2D eigenvalue weighted by atomic mass is 35.5. The minimum Gasteiger partial charge on any atom is -0.322 e. The Morgan fingerprint density at radius 2 is 2.12 bits per heavy atom. The molecule has 0 bridgehead atoms. The minimum absolute atomic E-state index is 0.389. The third-order valence-electron chi connectivity index (χ3n) is 3.05. The fraction of sp³-hybridized carbons (Fsp3) is 0.231. The van der Waals surface area contributed by atoms with Crippen LogP contribution in [-0.4, -0.2) is 16.0 Å². The zero-order valence-electron chi connectivity index (χ0n) is 9.47. The zero-order valence-corrected chi connectivity index (χ0v) is 10.2. The summed E-state index contributed by atoms with van der Waals surface area (Å²) in [6, 6.07) is 8.77. The van der Waals surface area contributed by atoms with Gasteiger partial charge in [0.05, 0.1) is 12.4 Å². The Bertz CT molecular complexity index is 556. The fourth-order valence-corrected chi connectivity index (χ4v) is 2.51. The summed E-state index contributed by atoms with van der Waals surface area (Å²) in [5.74, 6) is 0.815. The van der Waals surface area contributed by atoms with Crippen LogP contribution in [0, 0.1) is 0 Å². The number of anilines is 2. The van der Waals surface area contributed by atoms with Gasteiger partial charge in [0.2, 0.25) is 0 Å². The van der Waals surface area contributed by atoms with Gasteiger partial charge in [0.1, 0.15) is 5.15 Å². The third kappa shape index (κ3) is 1.76. The highest BCUT2D eigenvalue weighted by molar-refractivity contribution is 6.29. The first-order chi connectivity index (χ1) is 8.25. The molecular formula is C13H12ClN3. The summed E-state index contributed by atoms with van der Waals surface area (Å²) in [5, 5.41) is 0.430. The van der Waals surface area contributed by atoms with Crippen molar-refractivity contribution >= 4 is 23.1 Å². The molecule has 1 aliphatic heterocycles. The third-order valence-corrected chi connectivity index (χ3v) is 3.23. The van der Waals surface area contributed by atoms with Crippen molar-refractivity contribution in [3.05, 3.63) is 47.4 Å². The van der Waals surface area contributed by atoms with Crippen LogP contribution in [0.4, 0.5) is 11.5 Å². The van der Waals surface area contributed by atoms with Gasteiger partial charge >= 0.3 is 0 Å². The number of nitrogens with zero attached hydrogens (tertiary/aromatic N) is 3. The van der Waals surface area contributed by atoms with E-state index in [2.05, 4.69) is 40.0 Å². The van der Waals surface area contributed by atoms with Crippen LogP contribution in [0.5, 0.6) is 0 Å². The lowest BCUT2D eigenvalue weighted by atomic mass is 10.1. The lowest BCUT2D eigenvalue weighted by molar-refractivity contribution is 0.748. The molecule has 0 aliphatic carbocycles. The molecule has 0 amide bonds. The number of benzene rings is 1. The van der Waals surface area contributed by atoms with Crippen molar-refractivity contribution in [1.29, 1.82) is 0 Å². The summed E-state index contributed by atoms with van der Waals surface area (Å²) in [6.45, 7) is 2.18. The van der Waals surface area contributed by atoms with E-state index in [0.29, 0.717) is 11.2 Å². The van der Waals surface area contributed by atoms with E-state index in [1.54, 1.807) is 12.4 Å². The first-order valence-electron chi connectivity index (χ1n) is 5.60. The molecule has 4 heteroatoms. The monoisotopic (exact) mass is 245 g/mol. The standard InChI is InChI=1S/C13H12ClN3/c1-9-6-10-4-2-3-5-11(10)17(9)13-8-15-7-12(14)16-13/h2-5,7-9H,6H2,1H3. The Kier molecular flexibility index (Phi) is 2.48. The number of fused-ring (bicyclic) bond motifs is 1. The van der Waals surface area contributed by atoms with E-state index in [0.717, 1.165) is 12.2 Å². The summed E-state index contributed by atoms with van der Waals surface area (Å²) in [5.41, 5.74) is 2.55. The average Bonchev–Trinajstić information content (AvgIpc) is 2.64. The Morgan fingerprint density at radius 3 is 2.94 bits per heavy atom. The van der Waals surface area contributed by atoms with Gasteiger partial charge in [-0.05, 0) is 25.0 Å². The zero-order chi connectivity index (χ0) is 11.8. The van der Waals surface area contributed by atoms with E-state index >= 15 is 0 Å². The molecule has 1 aliphatic rings. The number of aromatic nitrogens is 2. The summed E-state index contributed by atoms with van der Waals surface area (Å²) in [4.78, 5) is 10.6. The quantitative estimate of drug-likeness (QED) is 0.773. The van der Waals surface area contributed by atoms with E-state index in [9.17, 15) is 0 Å². The minimum atomic E-state index is 0.389. The maximum absolute atomic E-state index is 5.90. The lowest BCUT2D eigenvalue weighted by Gasteiger charge is -2.23. The van der Waals surface area contributed by atoms with Crippen molar-refractivity contribution in [3.8, 4) is 0 Å². The molecule has 1 atom stereocenters. The SMILES string of the molecule is CC1Cc2ccccc2N1c1cncc(Cl)n1. The highest BCUT2D eigenvalue weighted by Crippen LogP contribution is 2.36. The molecular weight excluding hydrogens is 234 g/mol. The molecule has 0 radical (unpaired) electrons. The van der Waals surface area contributed by atoms with E-state index in [4.69, 9.17) is 11.6 Å². The predicted octanol–water partition coefficient (Wildman–Crippen LogP) is 3.21. The fourth-order valence-electron chi connectivity index (χ4n) is 2.36. The number of para-hydroxylation sites is 1. The molecule has 3 rings (SSSR count). The van der Waals surface area contributed by atoms with Crippen molar-refractivity contribution in [2.24, 2.45) is 0 Å². The topological polar surface area (TPSA) is 29.0 Å². The van der Waals surface area contributed by atoms with Crippen LogP contribution in [0.1, 0.15) is 12.5 Å². The van der Waals surface area contributed by atoms with Crippen molar-refractivity contribution in [2.45, 2.75) is 19.4 Å². The van der Waals surface area contributed by atoms with Crippen LogP contribution >= 0.6 is 11.6 Å². The van der Waals surface area contributed by atoms with Crippen molar-refractivity contribution in [3.63, 3.8) is 0 Å². The normalized spacial score (nSPS) is 18.2. The van der Waals surface area contributed by atoms with Crippen molar-refractivity contribution < 1.29 is 0 Å². The van der Waals surface area contributed by atoms with Gasteiger partial charge in [0.15, 0.2) is 5.82 Å². The molecule has 0 spiro atoms. The van der Waals surface area contributed by atoms with Crippen LogP contribution in [0.3, 0.4) is 0 Å². The van der Waals surface area contributed by atoms with Gasteiger partial charge < -0.3 is 4.90 Å². The molecule has 1 unspecified atom stereocenters. The Balaban J connectivity index is 2.09. The molecule has 0 saturated carbocycles. The second-order valence-electron chi connectivity index (χ2n) is 4.25. The molecule has 3 nitrogen and oxygen atoms in total. The molecule has 86 valence electrons. The van der Waals surface area contributed by atoms with E-state index in [1.165, 1.54) is 11.3 Å². The van der Waals surface area contributed by atoms with Gasteiger partial charge in [-0.25, -0.2) is 4.98 Å². The molecule has 1 aromatic heterocycles. The Hall–Kier alpha value is -1.61. The van der Waals surface area contributed by atoms with Gasteiger partial charge in [-0.2, -0.15) is 0 Å². The maximum atomic E-state index is 5.90. The van der Waals surface area contributed by atoms with Crippen LogP contribution in [0.25, 0.3) is 0 Å². The maximum Gasteiger partial charge on any atom is 0.153 e. The van der Waals surface area contributed by atoms with Crippen molar-refractivity contribution in [1.82, 2.24) is 9.97 Å². The van der Waals surface area contributed by atoms with Gasteiger partial charge in [-0.3, -0.25) is 4.98 Å². The van der Waals surface area contributed by atoms with Gasteiger partial charge in [-0.15, -0.1) is 0 Å². The molecule has 0 fully saturated rings. The second kappa shape index (κ2) is 4.00. The van der Waals surface area contributed by atoms with E-state index in [1.807, 2.05) is 6.07 Å². The largest absolute Gasteiger partial charge is 0.322 e. The first kappa shape index (κ1) is 10.5. The molecule has 0 saturated heterocycles. The van der Waals surface area contributed by atoms with Gasteiger partial charge in [0, 0.05) is 11.7 Å². The summed E-state index contributed by atoms with van der Waals surface area (Å²) < 4.78 is 0. The Labute approximate surface area is 105 Å². The number of rotatable bonds is 1.